The molecule has 1 heterocycles. The van der Waals surface area contributed by atoms with Crippen LogP contribution in [0.25, 0.3) is 0 Å². The zero-order valence-electron chi connectivity index (χ0n) is 11.2. The number of aryl methyl sites for hydroxylation is 1. The van der Waals surface area contributed by atoms with E-state index in [4.69, 9.17) is 4.74 Å². The van der Waals surface area contributed by atoms with E-state index in [9.17, 15) is 9.59 Å². The molecule has 0 aliphatic rings. The highest BCUT2D eigenvalue weighted by Crippen LogP contribution is 2.00. The van der Waals surface area contributed by atoms with Crippen LogP contribution in [0.2, 0.25) is 0 Å². The number of hydrogen-bond acceptors (Lipinski definition) is 5. The van der Waals surface area contributed by atoms with E-state index in [2.05, 4.69) is 15.4 Å². The van der Waals surface area contributed by atoms with Crippen LogP contribution in [0.5, 0.6) is 0 Å². The molecule has 0 unspecified atom stereocenters. The van der Waals surface area contributed by atoms with Crippen LogP contribution in [-0.4, -0.2) is 33.9 Å². The van der Waals surface area contributed by atoms with Crippen molar-refractivity contribution in [3.05, 3.63) is 51.4 Å². The molecule has 0 radical (unpaired) electrons. The summed E-state index contributed by atoms with van der Waals surface area (Å²) in [6.07, 6.45) is 1.49. The summed E-state index contributed by atoms with van der Waals surface area (Å²) in [7, 11) is 0. The van der Waals surface area contributed by atoms with Gasteiger partial charge in [-0.05, 0) is 19.4 Å². The zero-order chi connectivity index (χ0) is 14.5. The first-order valence-corrected chi connectivity index (χ1v) is 6.07. The lowest BCUT2D eigenvalue weighted by atomic mass is 10.2. The van der Waals surface area contributed by atoms with Gasteiger partial charge < -0.3 is 4.74 Å². The highest BCUT2D eigenvalue weighted by Gasteiger charge is 2.17. The van der Waals surface area contributed by atoms with Crippen molar-refractivity contribution in [3.8, 4) is 0 Å². The number of esters is 1. The van der Waals surface area contributed by atoms with Crippen LogP contribution in [0.15, 0.2) is 34.2 Å². The largest absolute Gasteiger partial charge is 0.461 e. The molecule has 7 heteroatoms. The lowest BCUT2D eigenvalue weighted by Gasteiger charge is -1.94. The number of nitrogens with zero attached hydrogens (tertiary/aromatic N) is 3. The third kappa shape index (κ3) is 3.00. The molecule has 0 atom stereocenters. The van der Waals surface area contributed by atoms with Crippen molar-refractivity contribution in [2.45, 2.75) is 13.8 Å². The monoisotopic (exact) mass is 274 g/mol. The van der Waals surface area contributed by atoms with Crippen molar-refractivity contribution in [1.29, 1.82) is 0 Å². The molecule has 1 aromatic carbocycles. The molecular formula is C13H14N4O3. The Morgan fingerprint density at radius 3 is 2.80 bits per heavy atom. The van der Waals surface area contributed by atoms with Gasteiger partial charge in [-0.15, -0.1) is 9.89 Å². The molecule has 0 aliphatic carbocycles. The number of aromatic amines is 1. The number of ether oxygens (including phenoxy) is 1. The molecule has 7 nitrogen and oxygen atoms in total. The SMILES string of the molecule is CCOC(=O)c1n[nH]n(/N=C/c2ccc(C)cc2)c1=O. The van der Waals surface area contributed by atoms with Gasteiger partial charge in [-0.25, -0.2) is 4.79 Å². The molecule has 0 saturated heterocycles. The van der Waals surface area contributed by atoms with E-state index in [0.29, 0.717) is 0 Å². The lowest BCUT2D eigenvalue weighted by Crippen LogP contribution is -2.20. The summed E-state index contributed by atoms with van der Waals surface area (Å²) in [5.41, 5.74) is 1.000. The van der Waals surface area contributed by atoms with Crippen LogP contribution < -0.4 is 5.56 Å². The Balaban J connectivity index is 2.20. The second-order valence-corrected chi connectivity index (χ2v) is 4.05. The van der Waals surface area contributed by atoms with Crippen molar-refractivity contribution >= 4 is 12.2 Å². The van der Waals surface area contributed by atoms with Gasteiger partial charge >= 0.3 is 11.5 Å². The van der Waals surface area contributed by atoms with Crippen molar-refractivity contribution in [3.63, 3.8) is 0 Å². The van der Waals surface area contributed by atoms with E-state index < -0.39 is 11.5 Å². The quantitative estimate of drug-likeness (QED) is 0.663. The van der Waals surface area contributed by atoms with Gasteiger partial charge in [0.25, 0.3) is 0 Å². The van der Waals surface area contributed by atoms with Gasteiger partial charge in [-0.3, -0.25) is 4.79 Å². The molecule has 0 fully saturated rings. The fourth-order valence-electron chi connectivity index (χ4n) is 1.48. The van der Waals surface area contributed by atoms with Gasteiger partial charge in [0.05, 0.1) is 12.8 Å². The number of benzene rings is 1. The normalized spacial score (nSPS) is 10.9. The predicted molar refractivity (Wildman–Crippen MR) is 73.0 cm³/mol. The molecule has 1 N–H and O–H groups in total. The minimum absolute atomic E-state index is 0.178. The third-order valence-corrected chi connectivity index (χ3v) is 2.52. The van der Waals surface area contributed by atoms with Gasteiger partial charge in [0.15, 0.2) is 0 Å². The Morgan fingerprint density at radius 2 is 2.15 bits per heavy atom. The minimum atomic E-state index is -0.766. The predicted octanol–water partition coefficient (Wildman–Crippen LogP) is 0.939. The van der Waals surface area contributed by atoms with Gasteiger partial charge in [0.2, 0.25) is 5.69 Å². The van der Waals surface area contributed by atoms with Crippen molar-refractivity contribution in [2.24, 2.45) is 5.10 Å². The van der Waals surface area contributed by atoms with Crippen molar-refractivity contribution < 1.29 is 9.53 Å². The van der Waals surface area contributed by atoms with E-state index in [-0.39, 0.29) is 12.3 Å². The number of carbonyl (C=O) groups is 1. The van der Waals surface area contributed by atoms with Crippen LogP contribution in [0, 0.1) is 6.92 Å². The van der Waals surface area contributed by atoms with Crippen LogP contribution in [0.1, 0.15) is 28.5 Å². The maximum absolute atomic E-state index is 11.8. The molecule has 1 aromatic heterocycles. The van der Waals surface area contributed by atoms with E-state index in [1.54, 1.807) is 6.92 Å². The first-order valence-electron chi connectivity index (χ1n) is 6.07. The molecular weight excluding hydrogens is 260 g/mol. The maximum Gasteiger partial charge on any atom is 0.364 e. The molecule has 20 heavy (non-hydrogen) atoms. The summed E-state index contributed by atoms with van der Waals surface area (Å²) in [6, 6.07) is 7.60. The number of H-pyrrole nitrogens is 1. The number of rotatable bonds is 4. The summed E-state index contributed by atoms with van der Waals surface area (Å²) < 4.78 is 4.71. The van der Waals surface area contributed by atoms with E-state index >= 15 is 0 Å². The second kappa shape index (κ2) is 5.96. The Morgan fingerprint density at radius 1 is 1.45 bits per heavy atom. The molecule has 104 valence electrons. The molecule has 0 saturated carbocycles. The van der Waals surface area contributed by atoms with E-state index in [0.717, 1.165) is 15.9 Å². The smallest absolute Gasteiger partial charge is 0.364 e. The second-order valence-electron chi connectivity index (χ2n) is 4.05. The molecule has 2 aromatic rings. The van der Waals surface area contributed by atoms with Gasteiger partial charge in [-0.2, -0.15) is 10.3 Å². The van der Waals surface area contributed by atoms with E-state index in [1.165, 1.54) is 6.21 Å². The topological polar surface area (TPSA) is 89.3 Å². The van der Waals surface area contributed by atoms with Crippen LogP contribution in [0.4, 0.5) is 0 Å². The van der Waals surface area contributed by atoms with Crippen molar-refractivity contribution in [2.75, 3.05) is 6.61 Å². The van der Waals surface area contributed by atoms with Gasteiger partial charge in [-0.1, -0.05) is 29.8 Å². The summed E-state index contributed by atoms with van der Waals surface area (Å²) >= 11 is 0. The summed E-state index contributed by atoms with van der Waals surface area (Å²) in [6.45, 7) is 3.81. The van der Waals surface area contributed by atoms with Crippen LogP contribution in [-0.2, 0) is 4.74 Å². The lowest BCUT2D eigenvalue weighted by molar-refractivity contribution is 0.0517. The third-order valence-electron chi connectivity index (χ3n) is 2.52. The highest BCUT2D eigenvalue weighted by molar-refractivity contribution is 5.86. The highest BCUT2D eigenvalue weighted by atomic mass is 16.5. The van der Waals surface area contributed by atoms with Crippen LogP contribution >= 0.6 is 0 Å². The number of aromatic nitrogens is 3. The fraction of sp³-hybridized carbons (Fsp3) is 0.231. The zero-order valence-corrected chi connectivity index (χ0v) is 11.2. The summed E-state index contributed by atoms with van der Waals surface area (Å²) in [5, 5.41) is 9.87. The van der Waals surface area contributed by atoms with E-state index in [1.807, 2.05) is 31.2 Å². The molecule has 0 spiro atoms. The Bertz CT molecular complexity index is 682. The Hall–Kier alpha value is -2.70. The maximum atomic E-state index is 11.8. The average Bonchev–Trinajstić information content (AvgIpc) is 2.80. The first kappa shape index (κ1) is 13.7. The number of hydrogen-bond donors (Lipinski definition) is 1. The standard InChI is InChI=1S/C13H14N4O3/c1-3-20-13(19)11-12(18)17(16-15-11)14-8-10-6-4-9(2)5-7-10/h4-8,16H,3H2,1-2H3/b14-8+. The molecule has 0 aliphatic heterocycles. The van der Waals surface area contributed by atoms with Gasteiger partial charge in [0, 0.05) is 0 Å². The molecule has 0 bridgehead atoms. The van der Waals surface area contributed by atoms with Gasteiger partial charge in [0.1, 0.15) is 0 Å². The Kier molecular flexibility index (Phi) is 4.09. The minimum Gasteiger partial charge on any atom is -0.461 e. The number of nitrogens with one attached hydrogen (secondary N) is 1. The average molecular weight is 274 g/mol. The molecule has 0 amide bonds. The summed E-state index contributed by atoms with van der Waals surface area (Å²) in [5.74, 6) is -0.766. The molecule has 2 rings (SSSR count). The summed E-state index contributed by atoms with van der Waals surface area (Å²) in [4.78, 5) is 24.1. The number of carbonyl (C=O) groups excluding carboxylic acids is 1. The Labute approximate surface area is 114 Å². The van der Waals surface area contributed by atoms with Crippen LogP contribution in [0.3, 0.4) is 0 Å². The fourth-order valence-corrected chi connectivity index (χ4v) is 1.48. The first-order chi connectivity index (χ1) is 9.61. The van der Waals surface area contributed by atoms with Crippen molar-refractivity contribution in [1.82, 2.24) is 15.1 Å².